The number of nitrogens with one attached hydrogen (secondary N) is 1. The molecule has 0 fully saturated rings. The van der Waals surface area contributed by atoms with Gasteiger partial charge < -0.3 is 0 Å². The summed E-state index contributed by atoms with van der Waals surface area (Å²) in [4.78, 5) is 2.97. The number of hydrogen-bond donors (Lipinski definition) is 1. The predicted octanol–water partition coefficient (Wildman–Crippen LogP) is 1.54. The summed E-state index contributed by atoms with van der Waals surface area (Å²) in [5.74, 6) is 0. The van der Waals surface area contributed by atoms with E-state index in [1.165, 1.54) is 5.69 Å². The van der Waals surface area contributed by atoms with E-state index in [0.717, 1.165) is 18.2 Å². The molecule has 0 radical (unpaired) electrons. The quantitative estimate of drug-likeness (QED) is 0.632. The molecule has 0 aliphatic heterocycles. The van der Waals surface area contributed by atoms with Crippen molar-refractivity contribution in [2.45, 2.75) is 26.8 Å². The summed E-state index contributed by atoms with van der Waals surface area (Å²) in [6, 6.07) is 0. The second-order valence-electron chi connectivity index (χ2n) is 2.17. The molecule has 1 heterocycles. The first-order valence-corrected chi connectivity index (χ1v) is 3.93. The van der Waals surface area contributed by atoms with Gasteiger partial charge in [0.15, 0.2) is 0 Å². The maximum Gasteiger partial charge on any atom is 0.352 e. The lowest BCUT2D eigenvalue weighted by molar-refractivity contribution is -0.696. The van der Waals surface area contributed by atoms with Gasteiger partial charge in [-0.1, -0.05) is 6.92 Å². The highest BCUT2D eigenvalue weighted by Crippen LogP contribution is 2.00. The van der Waals surface area contributed by atoms with E-state index in [-0.39, 0.29) is 0 Å². The van der Waals surface area contributed by atoms with Gasteiger partial charge in [-0.05, 0) is 6.92 Å². The summed E-state index contributed by atoms with van der Waals surface area (Å²) in [5, 5.41) is 0.722. The molecule has 0 spiro atoms. The highest BCUT2D eigenvalue weighted by atomic mass is 35.5. The van der Waals surface area contributed by atoms with E-state index >= 15 is 0 Å². The fraction of sp³-hybridized carbons (Fsp3) is 0.571. The van der Waals surface area contributed by atoms with E-state index in [1.807, 2.05) is 6.20 Å². The Labute approximate surface area is 65.8 Å². The standard InChI is InChI=1S/C7H11ClN2/c1-3-6-5-9-7(8)10(6)4-2/h5H,3-4H2,1-2H3/p+1. The molecule has 0 unspecified atom stereocenters. The number of aromatic amines is 1. The SMILES string of the molecule is CCc1c[nH]c(Cl)[n+]1CC. The Hall–Kier alpha value is -0.500. The maximum absolute atomic E-state index is 5.83. The first-order valence-electron chi connectivity index (χ1n) is 3.55. The molecule has 10 heavy (non-hydrogen) atoms. The highest BCUT2D eigenvalue weighted by Gasteiger charge is 2.10. The largest absolute Gasteiger partial charge is 0.352 e. The minimum absolute atomic E-state index is 0.722. The molecule has 0 aliphatic carbocycles. The predicted molar refractivity (Wildman–Crippen MR) is 41.0 cm³/mol. The summed E-state index contributed by atoms with van der Waals surface area (Å²) < 4.78 is 2.06. The monoisotopic (exact) mass is 159 g/mol. The van der Waals surface area contributed by atoms with Crippen molar-refractivity contribution in [2.75, 3.05) is 0 Å². The van der Waals surface area contributed by atoms with Gasteiger partial charge in [0.25, 0.3) is 0 Å². The number of hydrogen-bond acceptors (Lipinski definition) is 0. The van der Waals surface area contributed by atoms with E-state index in [1.54, 1.807) is 0 Å². The highest BCUT2D eigenvalue weighted by molar-refractivity contribution is 6.27. The lowest BCUT2D eigenvalue weighted by atomic mass is 10.4. The average Bonchev–Trinajstić information content (AvgIpc) is 2.30. The van der Waals surface area contributed by atoms with Gasteiger partial charge in [-0.25, -0.2) is 9.55 Å². The van der Waals surface area contributed by atoms with Crippen LogP contribution >= 0.6 is 11.6 Å². The topological polar surface area (TPSA) is 19.7 Å². The summed E-state index contributed by atoms with van der Waals surface area (Å²) >= 11 is 5.83. The molecule has 0 bridgehead atoms. The molecule has 0 saturated carbocycles. The molecule has 1 rings (SSSR count). The van der Waals surface area contributed by atoms with Crippen molar-refractivity contribution in [1.82, 2.24) is 4.98 Å². The first kappa shape index (κ1) is 7.61. The number of halogens is 1. The van der Waals surface area contributed by atoms with Gasteiger partial charge in [0.05, 0.1) is 6.54 Å². The third-order valence-electron chi connectivity index (χ3n) is 1.62. The summed E-state index contributed by atoms with van der Waals surface area (Å²) in [7, 11) is 0. The van der Waals surface area contributed by atoms with Crippen molar-refractivity contribution in [3.05, 3.63) is 17.2 Å². The van der Waals surface area contributed by atoms with Crippen LogP contribution in [-0.2, 0) is 13.0 Å². The first-order chi connectivity index (χ1) is 4.79. The van der Waals surface area contributed by atoms with Crippen LogP contribution in [0.5, 0.6) is 0 Å². The van der Waals surface area contributed by atoms with Crippen molar-refractivity contribution >= 4 is 11.6 Å². The van der Waals surface area contributed by atoms with Gasteiger partial charge in [0.1, 0.15) is 11.9 Å². The number of aryl methyl sites for hydroxylation is 1. The summed E-state index contributed by atoms with van der Waals surface area (Å²) in [6.45, 7) is 5.13. The van der Waals surface area contributed by atoms with Crippen molar-refractivity contribution in [2.24, 2.45) is 0 Å². The van der Waals surface area contributed by atoms with E-state index in [0.29, 0.717) is 0 Å². The van der Waals surface area contributed by atoms with Crippen molar-refractivity contribution in [3.63, 3.8) is 0 Å². The Bertz CT molecular complexity index is 217. The lowest BCUT2D eigenvalue weighted by Crippen LogP contribution is -2.35. The number of imidazole rings is 1. The minimum atomic E-state index is 0.722. The van der Waals surface area contributed by atoms with E-state index in [9.17, 15) is 0 Å². The normalized spacial score (nSPS) is 10.3. The molecule has 56 valence electrons. The number of rotatable bonds is 2. The number of nitrogens with zero attached hydrogens (tertiary/aromatic N) is 1. The van der Waals surface area contributed by atoms with Crippen LogP contribution < -0.4 is 4.57 Å². The van der Waals surface area contributed by atoms with Crippen molar-refractivity contribution < 1.29 is 4.57 Å². The summed E-state index contributed by atoms with van der Waals surface area (Å²) in [5.41, 5.74) is 1.26. The Morgan fingerprint density at radius 2 is 2.30 bits per heavy atom. The fourth-order valence-electron chi connectivity index (χ4n) is 1.06. The van der Waals surface area contributed by atoms with Gasteiger partial charge in [0, 0.05) is 18.0 Å². The van der Waals surface area contributed by atoms with Crippen molar-refractivity contribution in [3.8, 4) is 0 Å². The third-order valence-corrected chi connectivity index (χ3v) is 1.93. The molecule has 1 N–H and O–H groups in total. The van der Waals surface area contributed by atoms with Gasteiger partial charge in [-0.3, -0.25) is 0 Å². The number of aromatic nitrogens is 2. The molecular weight excluding hydrogens is 148 g/mol. The van der Waals surface area contributed by atoms with Gasteiger partial charge in [0.2, 0.25) is 0 Å². The van der Waals surface area contributed by atoms with Crippen LogP contribution in [0.25, 0.3) is 0 Å². The molecule has 3 heteroatoms. The van der Waals surface area contributed by atoms with Crippen LogP contribution in [-0.4, -0.2) is 4.98 Å². The zero-order valence-corrected chi connectivity index (χ0v) is 7.07. The van der Waals surface area contributed by atoms with Gasteiger partial charge >= 0.3 is 5.28 Å². The molecule has 0 saturated heterocycles. The zero-order chi connectivity index (χ0) is 7.56. The molecule has 0 atom stereocenters. The van der Waals surface area contributed by atoms with E-state index in [4.69, 9.17) is 11.6 Å². The molecule has 0 amide bonds. The van der Waals surface area contributed by atoms with Gasteiger partial charge in [-0.15, -0.1) is 0 Å². The molecule has 0 aliphatic rings. The van der Waals surface area contributed by atoms with Crippen LogP contribution in [0.3, 0.4) is 0 Å². The van der Waals surface area contributed by atoms with Crippen LogP contribution in [0.4, 0.5) is 0 Å². The second kappa shape index (κ2) is 3.06. The molecule has 0 aromatic carbocycles. The average molecular weight is 160 g/mol. The Morgan fingerprint density at radius 1 is 1.60 bits per heavy atom. The molecular formula is C7H12ClN2+. The molecule has 1 aromatic rings. The van der Waals surface area contributed by atoms with E-state index in [2.05, 4.69) is 23.4 Å². The third kappa shape index (κ3) is 1.16. The van der Waals surface area contributed by atoms with Crippen LogP contribution in [0.2, 0.25) is 5.28 Å². The Morgan fingerprint density at radius 3 is 2.70 bits per heavy atom. The van der Waals surface area contributed by atoms with Crippen LogP contribution in [0.1, 0.15) is 19.5 Å². The fourth-order valence-corrected chi connectivity index (χ4v) is 1.34. The van der Waals surface area contributed by atoms with Crippen LogP contribution in [0.15, 0.2) is 6.20 Å². The van der Waals surface area contributed by atoms with Gasteiger partial charge in [-0.2, -0.15) is 0 Å². The minimum Gasteiger partial charge on any atom is -0.233 e. The molecule has 2 nitrogen and oxygen atoms in total. The maximum atomic E-state index is 5.83. The zero-order valence-electron chi connectivity index (χ0n) is 6.32. The second-order valence-corrected chi connectivity index (χ2v) is 2.53. The van der Waals surface area contributed by atoms with Crippen LogP contribution in [0, 0.1) is 0 Å². The Balaban J connectivity index is 3.01. The number of H-pyrrole nitrogens is 1. The molecule has 1 aromatic heterocycles. The Kier molecular flexibility index (Phi) is 2.33. The van der Waals surface area contributed by atoms with Crippen molar-refractivity contribution in [1.29, 1.82) is 0 Å². The summed E-state index contributed by atoms with van der Waals surface area (Å²) in [6.07, 6.45) is 2.98. The smallest absolute Gasteiger partial charge is 0.233 e. The van der Waals surface area contributed by atoms with E-state index < -0.39 is 0 Å². The lowest BCUT2D eigenvalue weighted by Gasteiger charge is -1.93.